The van der Waals surface area contributed by atoms with Crippen molar-refractivity contribution in [2.45, 2.75) is 23.6 Å². The first-order valence-corrected chi connectivity index (χ1v) is 5.81. The molecule has 1 atom stereocenters. The van der Waals surface area contributed by atoms with Crippen LogP contribution in [0.2, 0.25) is 0 Å². The topological polar surface area (TPSA) is 45.0 Å². The molecule has 4 heteroatoms. The summed E-state index contributed by atoms with van der Waals surface area (Å²) in [4.78, 5) is 1.09. The Bertz CT molecular complexity index is 400. The minimum Gasteiger partial charge on any atom is -0.494 e. The second-order valence-electron chi connectivity index (χ2n) is 3.28. The predicted molar refractivity (Wildman–Crippen MR) is 61.1 cm³/mol. The first kappa shape index (κ1) is 10.2. The average Bonchev–Trinajstić information content (AvgIpc) is 2.68. The zero-order valence-corrected chi connectivity index (χ0v) is 9.30. The molecule has 1 aliphatic rings. The summed E-state index contributed by atoms with van der Waals surface area (Å²) in [6.45, 7) is 2.81. The van der Waals surface area contributed by atoms with Gasteiger partial charge in [0.1, 0.15) is 5.75 Å². The summed E-state index contributed by atoms with van der Waals surface area (Å²) in [5.74, 6) is 0.878. The van der Waals surface area contributed by atoms with E-state index in [1.807, 2.05) is 18.2 Å². The number of hydrogen-bond donors (Lipinski definition) is 1. The monoisotopic (exact) mass is 220 g/mol. The van der Waals surface area contributed by atoms with Gasteiger partial charge in [-0.25, -0.2) is 0 Å². The second kappa shape index (κ2) is 4.45. The molecule has 1 aromatic rings. The Morgan fingerprint density at radius 3 is 3.20 bits per heavy atom. The van der Waals surface area contributed by atoms with Crippen molar-refractivity contribution in [2.75, 3.05) is 11.9 Å². The third kappa shape index (κ3) is 2.18. The molecule has 1 heterocycles. The predicted octanol–water partition coefficient (Wildman–Crippen LogP) is 2.84. The fourth-order valence-corrected chi connectivity index (χ4v) is 2.32. The fraction of sp³-hybridized carbons (Fsp3) is 0.364. The Kier molecular flexibility index (Phi) is 3.02. The second-order valence-corrected chi connectivity index (χ2v) is 4.42. The van der Waals surface area contributed by atoms with Crippen LogP contribution in [0.5, 0.6) is 5.75 Å². The van der Waals surface area contributed by atoms with Crippen LogP contribution in [-0.2, 0) is 0 Å². The minimum absolute atomic E-state index is 0.165. The lowest BCUT2D eigenvalue weighted by atomic mass is 10.3. The van der Waals surface area contributed by atoms with Crippen LogP contribution in [0.15, 0.2) is 23.1 Å². The van der Waals surface area contributed by atoms with Crippen LogP contribution in [0.1, 0.15) is 13.3 Å². The fourth-order valence-electron chi connectivity index (χ4n) is 1.39. The van der Waals surface area contributed by atoms with Crippen LogP contribution in [0, 0.1) is 11.3 Å². The summed E-state index contributed by atoms with van der Waals surface area (Å²) in [5.41, 5.74) is 1.02. The Morgan fingerprint density at radius 1 is 1.60 bits per heavy atom. The van der Waals surface area contributed by atoms with Gasteiger partial charge in [0, 0.05) is 10.6 Å². The lowest BCUT2D eigenvalue weighted by Crippen LogP contribution is -2.05. The quantitative estimate of drug-likeness (QED) is 0.850. The zero-order chi connectivity index (χ0) is 10.7. The summed E-state index contributed by atoms with van der Waals surface area (Å²) in [6.07, 6.45) is 1.00. The third-order valence-electron chi connectivity index (χ3n) is 2.07. The van der Waals surface area contributed by atoms with Crippen molar-refractivity contribution in [1.82, 2.24) is 0 Å². The summed E-state index contributed by atoms with van der Waals surface area (Å²) >= 11 is 1.53. The van der Waals surface area contributed by atoms with E-state index in [1.165, 1.54) is 11.8 Å². The Hall–Kier alpha value is -1.34. The maximum absolute atomic E-state index is 8.78. The van der Waals surface area contributed by atoms with Crippen molar-refractivity contribution in [1.29, 1.82) is 5.26 Å². The molecule has 0 spiro atoms. The molecule has 78 valence electrons. The Morgan fingerprint density at radius 2 is 2.47 bits per heavy atom. The van der Waals surface area contributed by atoms with Crippen LogP contribution in [0.25, 0.3) is 0 Å². The van der Waals surface area contributed by atoms with E-state index in [4.69, 9.17) is 10.00 Å². The molecular formula is C11H12N2OS. The van der Waals surface area contributed by atoms with Crippen molar-refractivity contribution in [3.8, 4) is 11.8 Å². The highest BCUT2D eigenvalue weighted by Crippen LogP contribution is 2.40. The normalized spacial score (nSPS) is 17.7. The zero-order valence-electron chi connectivity index (χ0n) is 8.49. The molecule has 2 rings (SSSR count). The standard InChI is InChI=1S/C11H12N2OS/c1-2-5-14-8-3-4-9-10(6-8)15-11(7-12)13-9/h3-4,6,11,13H,2,5H2,1H3. The number of fused-ring (bicyclic) bond motifs is 1. The molecule has 0 saturated heterocycles. The van der Waals surface area contributed by atoms with Gasteiger partial charge in [0.05, 0.1) is 12.7 Å². The summed E-state index contributed by atoms with van der Waals surface area (Å²) in [6, 6.07) is 8.07. The van der Waals surface area contributed by atoms with E-state index >= 15 is 0 Å². The van der Waals surface area contributed by atoms with Crippen LogP contribution in [0.3, 0.4) is 0 Å². The van der Waals surface area contributed by atoms with Crippen molar-refractivity contribution in [3.63, 3.8) is 0 Å². The molecule has 1 aromatic carbocycles. The van der Waals surface area contributed by atoms with Gasteiger partial charge < -0.3 is 10.1 Å². The van der Waals surface area contributed by atoms with Crippen LogP contribution in [0.4, 0.5) is 5.69 Å². The van der Waals surface area contributed by atoms with Crippen LogP contribution < -0.4 is 10.1 Å². The Labute approximate surface area is 93.4 Å². The lowest BCUT2D eigenvalue weighted by Gasteiger charge is -2.05. The van der Waals surface area contributed by atoms with Gasteiger partial charge in [-0.2, -0.15) is 5.26 Å². The van der Waals surface area contributed by atoms with E-state index in [1.54, 1.807) is 0 Å². The summed E-state index contributed by atoms with van der Waals surface area (Å²) in [7, 11) is 0. The minimum atomic E-state index is -0.165. The van der Waals surface area contributed by atoms with E-state index in [9.17, 15) is 0 Å². The number of anilines is 1. The maximum Gasteiger partial charge on any atom is 0.166 e. The number of ether oxygens (including phenoxy) is 1. The van der Waals surface area contributed by atoms with Crippen molar-refractivity contribution >= 4 is 17.4 Å². The van der Waals surface area contributed by atoms with Gasteiger partial charge in [-0.3, -0.25) is 0 Å². The molecule has 3 nitrogen and oxygen atoms in total. The molecule has 0 amide bonds. The first-order valence-electron chi connectivity index (χ1n) is 4.93. The van der Waals surface area contributed by atoms with E-state index in [0.29, 0.717) is 0 Å². The number of thioether (sulfide) groups is 1. The molecule has 0 radical (unpaired) electrons. The molecule has 0 bridgehead atoms. The number of benzene rings is 1. The van der Waals surface area contributed by atoms with Gasteiger partial charge in [-0.15, -0.1) is 0 Å². The highest BCUT2D eigenvalue weighted by Gasteiger charge is 2.20. The number of rotatable bonds is 3. The molecule has 0 fully saturated rings. The third-order valence-corrected chi connectivity index (χ3v) is 3.13. The van der Waals surface area contributed by atoms with Gasteiger partial charge in [-0.1, -0.05) is 18.7 Å². The number of nitriles is 1. The molecule has 1 unspecified atom stereocenters. The molecule has 0 aromatic heterocycles. The summed E-state index contributed by atoms with van der Waals surface area (Å²) in [5, 5.41) is 11.7. The molecule has 15 heavy (non-hydrogen) atoms. The van der Waals surface area contributed by atoms with Crippen LogP contribution in [-0.4, -0.2) is 12.0 Å². The van der Waals surface area contributed by atoms with E-state index in [2.05, 4.69) is 18.3 Å². The Balaban J connectivity index is 2.12. The largest absolute Gasteiger partial charge is 0.494 e. The lowest BCUT2D eigenvalue weighted by molar-refractivity contribution is 0.317. The van der Waals surface area contributed by atoms with Gasteiger partial charge in [0.15, 0.2) is 5.37 Å². The number of nitrogens with zero attached hydrogens (tertiary/aromatic N) is 1. The SMILES string of the molecule is CCCOc1ccc2c(c1)SC(C#N)N2. The molecular weight excluding hydrogens is 208 g/mol. The van der Waals surface area contributed by atoms with Crippen molar-refractivity contribution in [3.05, 3.63) is 18.2 Å². The number of hydrogen-bond acceptors (Lipinski definition) is 4. The highest BCUT2D eigenvalue weighted by molar-refractivity contribution is 8.00. The van der Waals surface area contributed by atoms with Crippen molar-refractivity contribution < 1.29 is 4.74 Å². The molecule has 1 aliphatic heterocycles. The van der Waals surface area contributed by atoms with Gasteiger partial charge >= 0.3 is 0 Å². The van der Waals surface area contributed by atoms with E-state index < -0.39 is 0 Å². The average molecular weight is 220 g/mol. The molecule has 0 aliphatic carbocycles. The maximum atomic E-state index is 8.78. The van der Waals surface area contributed by atoms with Gasteiger partial charge in [0.2, 0.25) is 0 Å². The van der Waals surface area contributed by atoms with Gasteiger partial charge in [-0.05, 0) is 24.6 Å². The first-order chi connectivity index (χ1) is 7.33. The van der Waals surface area contributed by atoms with Crippen molar-refractivity contribution in [2.24, 2.45) is 0 Å². The highest BCUT2D eigenvalue weighted by atomic mass is 32.2. The van der Waals surface area contributed by atoms with E-state index in [-0.39, 0.29) is 5.37 Å². The molecule has 1 N–H and O–H groups in total. The van der Waals surface area contributed by atoms with Gasteiger partial charge in [0.25, 0.3) is 0 Å². The van der Waals surface area contributed by atoms with Crippen LogP contribution >= 0.6 is 11.8 Å². The number of nitrogens with one attached hydrogen (secondary N) is 1. The summed E-state index contributed by atoms with van der Waals surface area (Å²) < 4.78 is 5.53. The van der Waals surface area contributed by atoms with E-state index in [0.717, 1.165) is 29.4 Å². The molecule has 0 saturated carbocycles. The smallest absolute Gasteiger partial charge is 0.166 e.